The van der Waals surface area contributed by atoms with Crippen LogP contribution < -0.4 is 10.5 Å². The van der Waals surface area contributed by atoms with Gasteiger partial charge in [0.05, 0.1) is 5.75 Å². The van der Waals surface area contributed by atoms with Crippen LogP contribution in [0.5, 0.6) is 0 Å². The van der Waals surface area contributed by atoms with Gasteiger partial charge in [-0.25, -0.2) is 8.42 Å². The fraction of sp³-hybridized carbons (Fsp3) is 0.455. The maximum absolute atomic E-state index is 11.8. The van der Waals surface area contributed by atoms with Gasteiger partial charge in [0.15, 0.2) is 0 Å². The van der Waals surface area contributed by atoms with E-state index in [2.05, 4.69) is 4.72 Å². The Hall–Kier alpha value is -1.23. The first kappa shape index (κ1) is 12.8. The van der Waals surface area contributed by atoms with Gasteiger partial charge in [-0.05, 0) is 29.7 Å². The maximum atomic E-state index is 11.8. The van der Waals surface area contributed by atoms with E-state index in [1.807, 2.05) is 20.8 Å². The lowest BCUT2D eigenvalue weighted by Crippen LogP contribution is -2.26. The predicted octanol–water partition coefficient (Wildman–Crippen LogP) is 2.06. The second kappa shape index (κ2) is 4.33. The van der Waals surface area contributed by atoms with Gasteiger partial charge in [0.1, 0.15) is 0 Å². The van der Waals surface area contributed by atoms with E-state index in [9.17, 15) is 8.42 Å². The van der Waals surface area contributed by atoms with Gasteiger partial charge in [0, 0.05) is 11.4 Å². The molecule has 1 rings (SSSR count). The van der Waals surface area contributed by atoms with Gasteiger partial charge in [-0.2, -0.15) is 0 Å². The van der Waals surface area contributed by atoms with Gasteiger partial charge >= 0.3 is 0 Å². The van der Waals surface area contributed by atoms with Gasteiger partial charge in [0.25, 0.3) is 0 Å². The topological polar surface area (TPSA) is 72.2 Å². The summed E-state index contributed by atoms with van der Waals surface area (Å²) in [5.41, 5.74) is 6.40. The van der Waals surface area contributed by atoms with E-state index >= 15 is 0 Å². The van der Waals surface area contributed by atoms with Crippen molar-refractivity contribution in [2.75, 3.05) is 16.2 Å². The van der Waals surface area contributed by atoms with Crippen LogP contribution in [0.1, 0.15) is 20.8 Å². The van der Waals surface area contributed by atoms with Crippen molar-refractivity contribution in [1.82, 2.24) is 0 Å². The molecule has 0 spiro atoms. The van der Waals surface area contributed by atoms with E-state index in [1.54, 1.807) is 24.3 Å². The number of benzene rings is 1. The van der Waals surface area contributed by atoms with Crippen LogP contribution in [0.2, 0.25) is 0 Å². The summed E-state index contributed by atoms with van der Waals surface area (Å²) in [7, 11) is -3.30. The number of hydrogen-bond donors (Lipinski definition) is 2. The van der Waals surface area contributed by atoms with E-state index in [1.165, 1.54) is 0 Å². The normalized spacial score (nSPS) is 12.4. The van der Waals surface area contributed by atoms with Crippen molar-refractivity contribution >= 4 is 21.4 Å². The number of nitrogens with two attached hydrogens (primary N) is 1. The van der Waals surface area contributed by atoms with Crippen LogP contribution in [-0.2, 0) is 10.0 Å². The molecule has 0 aromatic heterocycles. The lowest BCUT2D eigenvalue weighted by molar-refractivity contribution is 0.463. The number of hydrogen-bond acceptors (Lipinski definition) is 3. The van der Waals surface area contributed by atoms with Crippen LogP contribution in [0.25, 0.3) is 0 Å². The SMILES string of the molecule is CC(C)(C)CS(=O)(=O)Nc1ccc(N)cc1. The smallest absolute Gasteiger partial charge is 0.233 e. The molecule has 16 heavy (non-hydrogen) atoms. The fourth-order valence-corrected chi connectivity index (χ4v) is 3.04. The molecule has 0 unspecified atom stereocenters. The first-order valence-corrected chi connectivity index (χ1v) is 6.69. The Morgan fingerprint density at radius 1 is 1.19 bits per heavy atom. The van der Waals surface area contributed by atoms with Crippen molar-refractivity contribution in [3.05, 3.63) is 24.3 Å². The highest BCUT2D eigenvalue weighted by molar-refractivity contribution is 7.92. The van der Waals surface area contributed by atoms with Crippen molar-refractivity contribution in [2.45, 2.75) is 20.8 Å². The summed E-state index contributed by atoms with van der Waals surface area (Å²) >= 11 is 0. The molecule has 90 valence electrons. The summed E-state index contributed by atoms with van der Waals surface area (Å²) < 4.78 is 26.0. The Kier molecular flexibility index (Phi) is 3.48. The van der Waals surface area contributed by atoms with Gasteiger partial charge in [-0.3, -0.25) is 4.72 Å². The molecular formula is C11H18N2O2S. The number of sulfonamides is 1. The van der Waals surface area contributed by atoms with Gasteiger partial charge in [-0.15, -0.1) is 0 Å². The average Bonchev–Trinajstić information content (AvgIpc) is 2.04. The second-order valence-electron chi connectivity index (χ2n) is 5.04. The monoisotopic (exact) mass is 242 g/mol. The first-order chi connectivity index (χ1) is 7.18. The molecule has 0 aliphatic carbocycles. The third kappa shape index (κ3) is 4.53. The molecule has 1 aromatic rings. The standard InChI is InChI=1S/C11H18N2O2S/c1-11(2,3)8-16(14,15)13-10-6-4-9(12)5-7-10/h4-7,13H,8,12H2,1-3H3. The summed E-state index contributed by atoms with van der Waals surface area (Å²) in [6.07, 6.45) is 0. The zero-order valence-electron chi connectivity index (χ0n) is 9.82. The lowest BCUT2D eigenvalue weighted by atomic mass is 10.0. The summed E-state index contributed by atoms with van der Waals surface area (Å²) in [5.74, 6) is 0.0877. The first-order valence-electron chi connectivity index (χ1n) is 5.04. The number of anilines is 2. The Morgan fingerprint density at radius 2 is 1.69 bits per heavy atom. The highest BCUT2D eigenvalue weighted by Gasteiger charge is 2.21. The van der Waals surface area contributed by atoms with Crippen molar-refractivity contribution in [2.24, 2.45) is 5.41 Å². The Labute approximate surface area is 96.9 Å². The van der Waals surface area contributed by atoms with Crippen LogP contribution in [-0.4, -0.2) is 14.2 Å². The molecule has 0 aliphatic rings. The van der Waals surface area contributed by atoms with Crippen LogP contribution in [0.4, 0.5) is 11.4 Å². The predicted molar refractivity (Wildman–Crippen MR) is 67.7 cm³/mol. The molecule has 0 saturated heterocycles. The summed E-state index contributed by atoms with van der Waals surface area (Å²) in [6, 6.07) is 6.62. The molecule has 1 aromatic carbocycles. The molecule has 0 heterocycles. The fourth-order valence-electron chi connectivity index (χ4n) is 1.34. The largest absolute Gasteiger partial charge is 0.399 e. The van der Waals surface area contributed by atoms with Crippen LogP contribution in [0.15, 0.2) is 24.3 Å². The summed E-state index contributed by atoms with van der Waals surface area (Å²) in [5, 5.41) is 0. The van der Waals surface area contributed by atoms with Gasteiger partial charge in [-0.1, -0.05) is 20.8 Å². The summed E-state index contributed by atoms with van der Waals surface area (Å²) in [6.45, 7) is 5.65. The zero-order chi connectivity index (χ0) is 12.4. The summed E-state index contributed by atoms with van der Waals surface area (Å²) in [4.78, 5) is 0. The Bertz CT molecular complexity index is 444. The highest BCUT2D eigenvalue weighted by atomic mass is 32.2. The number of rotatable bonds is 3. The third-order valence-electron chi connectivity index (χ3n) is 1.81. The molecule has 0 saturated carbocycles. The molecule has 0 fully saturated rings. The highest BCUT2D eigenvalue weighted by Crippen LogP contribution is 2.19. The third-order valence-corrected chi connectivity index (χ3v) is 3.60. The molecular weight excluding hydrogens is 224 g/mol. The van der Waals surface area contributed by atoms with Crippen molar-refractivity contribution < 1.29 is 8.42 Å². The molecule has 3 N–H and O–H groups in total. The van der Waals surface area contributed by atoms with Crippen molar-refractivity contribution in [1.29, 1.82) is 0 Å². The molecule has 4 nitrogen and oxygen atoms in total. The van der Waals surface area contributed by atoms with Crippen molar-refractivity contribution in [3.63, 3.8) is 0 Å². The minimum absolute atomic E-state index is 0.0877. The molecule has 0 radical (unpaired) electrons. The zero-order valence-corrected chi connectivity index (χ0v) is 10.6. The van der Waals surface area contributed by atoms with Crippen molar-refractivity contribution in [3.8, 4) is 0 Å². The van der Waals surface area contributed by atoms with Gasteiger partial charge < -0.3 is 5.73 Å². The van der Waals surface area contributed by atoms with Crippen LogP contribution >= 0.6 is 0 Å². The number of nitrogens with one attached hydrogen (secondary N) is 1. The van der Waals surface area contributed by atoms with Crippen LogP contribution in [0.3, 0.4) is 0 Å². The molecule has 0 aliphatic heterocycles. The molecule has 5 heteroatoms. The van der Waals surface area contributed by atoms with E-state index in [0.717, 1.165) is 0 Å². The Morgan fingerprint density at radius 3 is 2.12 bits per heavy atom. The maximum Gasteiger partial charge on any atom is 0.233 e. The van der Waals surface area contributed by atoms with E-state index in [0.29, 0.717) is 11.4 Å². The van der Waals surface area contributed by atoms with E-state index in [4.69, 9.17) is 5.73 Å². The minimum Gasteiger partial charge on any atom is -0.399 e. The van der Waals surface area contributed by atoms with E-state index in [-0.39, 0.29) is 11.2 Å². The molecule has 0 amide bonds. The second-order valence-corrected chi connectivity index (χ2v) is 6.77. The minimum atomic E-state index is -3.30. The quantitative estimate of drug-likeness (QED) is 0.797. The molecule has 0 bridgehead atoms. The average molecular weight is 242 g/mol. The lowest BCUT2D eigenvalue weighted by Gasteiger charge is -2.18. The Balaban J connectivity index is 2.77. The molecule has 0 atom stereocenters. The number of nitrogen functional groups attached to an aromatic ring is 1. The van der Waals surface area contributed by atoms with E-state index < -0.39 is 10.0 Å². The van der Waals surface area contributed by atoms with Crippen LogP contribution in [0, 0.1) is 5.41 Å². The van der Waals surface area contributed by atoms with Gasteiger partial charge in [0.2, 0.25) is 10.0 Å².